The molecule has 1 aliphatic rings. The molecule has 0 heterocycles. The van der Waals surface area contributed by atoms with Gasteiger partial charge in [-0.1, -0.05) is 54.6 Å². The van der Waals surface area contributed by atoms with Crippen LogP contribution in [0, 0.1) is 11.3 Å². The van der Waals surface area contributed by atoms with Crippen LogP contribution < -0.4 is 0 Å². The first-order chi connectivity index (χ1) is 8.88. The van der Waals surface area contributed by atoms with Crippen LogP contribution in [-0.2, 0) is 6.42 Å². The molecule has 1 aliphatic carbocycles. The summed E-state index contributed by atoms with van der Waals surface area (Å²) in [4.78, 5) is 0. The van der Waals surface area contributed by atoms with Gasteiger partial charge in [0.25, 0.3) is 0 Å². The van der Waals surface area contributed by atoms with Crippen molar-refractivity contribution < 1.29 is 0 Å². The van der Waals surface area contributed by atoms with Crippen molar-refractivity contribution in [3.8, 4) is 17.2 Å². The van der Waals surface area contributed by atoms with Crippen molar-refractivity contribution in [2.75, 3.05) is 0 Å². The molecule has 0 saturated heterocycles. The second-order valence-electron chi connectivity index (χ2n) is 4.52. The molecule has 86 valence electrons. The van der Waals surface area contributed by atoms with Gasteiger partial charge >= 0.3 is 0 Å². The lowest BCUT2D eigenvalue weighted by molar-refractivity contribution is 1.26. The van der Waals surface area contributed by atoms with E-state index in [-0.39, 0.29) is 0 Å². The third-order valence-corrected chi connectivity index (χ3v) is 3.34. The van der Waals surface area contributed by atoms with Gasteiger partial charge < -0.3 is 0 Å². The van der Waals surface area contributed by atoms with Crippen molar-refractivity contribution in [2.24, 2.45) is 0 Å². The molecule has 2 aromatic rings. The van der Waals surface area contributed by atoms with Crippen LogP contribution in [0.5, 0.6) is 0 Å². The third kappa shape index (κ3) is 1.83. The second kappa shape index (κ2) is 4.50. The Morgan fingerprint density at radius 3 is 2.78 bits per heavy atom. The quantitative estimate of drug-likeness (QED) is 0.649. The zero-order valence-electron chi connectivity index (χ0n) is 10.1. The van der Waals surface area contributed by atoms with Gasteiger partial charge in [0.2, 0.25) is 0 Å². The number of nitriles is 1. The average molecular weight is 231 g/mol. The third-order valence-electron chi connectivity index (χ3n) is 3.34. The summed E-state index contributed by atoms with van der Waals surface area (Å²) in [5.41, 5.74) is 6.68. The van der Waals surface area contributed by atoms with Crippen molar-refractivity contribution in [2.45, 2.75) is 12.8 Å². The smallest absolute Gasteiger partial charge is 0.0663 e. The van der Waals surface area contributed by atoms with Gasteiger partial charge in [0.1, 0.15) is 0 Å². The zero-order chi connectivity index (χ0) is 12.4. The number of allylic oxidation sites excluding steroid dienone is 1. The van der Waals surface area contributed by atoms with E-state index in [4.69, 9.17) is 5.26 Å². The molecule has 3 rings (SSSR count). The Morgan fingerprint density at radius 2 is 1.89 bits per heavy atom. The number of benzene rings is 2. The molecule has 0 aromatic heterocycles. The first-order valence-corrected chi connectivity index (χ1v) is 6.13. The van der Waals surface area contributed by atoms with Crippen LogP contribution in [0.25, 0.3) is 17.2 Å². The molecular weight excluding hydrogens is 218 g/mol. The molecule has 0 unspecified atom stereocenters. The Balaban J connectivity index is 1.96. The summed E-state index contributed by atoms with van der Waals surface area (Å²) in [6, 6.07) is 17.2. The molecule has 0 radical (unpaired) electrons. The van der Waals surface area contributed by atoms with E-state index < -0.39 is 0 Å². The van der Waals surface area contributed by atoms with E-state index in [1.54, 1.807) is 0 Å². The van der Waals surface area contributed by atoms with Crippen molar-refractivity contribution in [1.29, 1.82) is 5.26 Å². The van der Waals surface area contributed by atoms with Crippen LogP contribution in [0.15, 0.2) is 48.5 Å². The molecule has 0 N–H and O–H groups in total. The van der Waals surface area contributed by atoms with Crippen LogP contribution >= 0.6 is 0 Å². The molecule has 2 aromatic carbocycles. The van der Waals surface area contributed by atoms with E-state index in [9.17, 15) is 0 Å². The molecule has 1 heteroatoms. The van der Waals surface area contributed by atoms with Crippen molar-refractivity contribution in [3.05, 3.63) is 65.2 Å². The SMILES string of the molecule is N#CCC=Cc1ccc2c(c1)Cc1ccccc1-2. The molecule has 0 spiro atoms. The summed E-state index contributed by atoms with van der Waals surface area (Å²) < 4.78 is 0. The highest BCUT2D eigenvalue weighted by molar-refractivity contribution is 5.78. The lowest BCUT2D eigenvalue weighted by Crippen LogP contribution is -1.81. The Bertz CT molecular complexity index is 660. The summed E-state index contributed by atoms with van der Waals surface area (Å²) in [5.74, 6) is 0. The minimum Gasteiger partial charge on any atom is -0.198 e. The molecule has 1 nitrogen and oxygen atoms in total. The fourth-order valence-electron chi connectivity index (χ4n) is 2.52. The van der Waals surface area contributed by atoms with E-state index >= 15 is 0 Å². The molecule has 0 amide bonds. The number of hydrogen-bond acceptors (Lipinski definition) is 1. The van der Waals surface area contributed by atoms with Gasteiger partial charge in [0.15, 0.2) is 0 Å². The van der Waals surface area contributed by atoms with E-state index in [0.717, 1.165) is 6.42 Å². The number of hydrogen-bond donors (Lipinski definition) is 0. The van der Waals surface area contributed by atoms with Crippen molar-refractivity contribution >= 4 is 6.08 Å². The lowest BCUT2D eigenvalue weighted by Gasteiger charge is -2.01. The van der Waals surface area contributed by atoms with Gasteiger partial charge in [-0.2, -0.15) is 5.26 Å². The Hall–Kier alpha value is -2.33. The fourth-order valence-corrected chi connectivity index (χ4v) is 2.52. The first-order valence-electron chi connectivity index (χ1n) is 6.13. The lowest BCUT2D eigenvalue weighted by atomic mass is 10.0. The highest BCUT2D eigenvalue weighted by atomic mass is 14.2. The predicted octanol–water partition coefficient (Wildman–Crippen LogP) is 4.18. The highest BCUT2D eigenvalue weighted by Crippen LogP contribution is 2.36. The van der Waals surface area contributed by atoms with Crippen LogP contribution in [0.1, 0.15) is 23.1 Å². The van der Waals surface area contributed by atoms with Crippen molar-refractivity contribution in [3.63, 3.8) is 0 Å². The van der Waals surface area contributed by atoms with Gasteiger partial charge in [-0.25, -0.2) is 0 Å². The fraction of sp³-hybridized carbons (Fsp3) is 0.118. The highest BCUT2D eigenvalue weighted by Gasteiger charge is 2.17. The summed E-state index contributed by atoms with van der Waals surface area (Å²) in [7, 11) is 0. The predicted molar refractivity (Wildman–Crippen MR) is 73.9 cm³/mol. The molecule has 0 atom stereocenters. The molecule has 18 heavy (non-hydrogen) atoms. The summed E-state index contributed by atoms with van der Waals surface area (Å²) >= 11 is 0. The Labute approximate surface area is 107 Å². The minimum absolute atomic E-state index is 0.470. The number of nitrogens with zero attached hydrogens (tertiary/aromatic N) is 1. The van der Waals surface area contributed by atoms with Gasteiger partial charge in [-0.05, 0) is 34.2 Å². The van der Waals surface area contributed by atoms with E-state index in [2.05, 4.69) is 48.5 Å². The van der Waals surface area contributed by atoms with Gasteiger partial charge in [0.05, 0.1) is 12.5 Å². The Morgan fingerprint density at radius 1 is 1.06 bits per heavy atom. The summed E-state index contributed by atoms with van der Waals surface area (Å²) in [5, 5.41) is 8.52. The zero-order valence-corrected chi connectivity index (χ0v) is 10.1. The van der Waals surface area contributed by atoms with E-state index in [1.165, 1.54) is 27.8 Å². The van der Waals surface area contributed by atoms with E-state index in [0.29, 0.717) is 6.42 Å². The summed E-state index contributed by atoms with van der Waals surface area (Å²) in [6.07, 6.45) is 5.42. The monoisotopic (exact) mass is 231 g/mol. The van der Waals surface area contributed by atoms with Crippen LogP contribution in [0.2, 0.25) is 0 Å². The molecule has 0 saturated carbocycles. The molecule has 0 aliphatic heterocycles. The normalized spacial score (nSPS) is 12.2. The molecular formula is C17H13N. The molecule has 0 bridgehead atoms. The molecule has 0 fully saturated rings. The van der Waals surface area contributed by atoms with Crippen molar-refractivity contribution in [1.82, 2.24) is 0 Å². The van der Waals surface area contributed by atoms with Crippen LogP contribution in [0.4, 0.5) is 0 Å². The Kier molecular flexibility index (Phi) is 2.70. The van der Waals surface area contributed by atoms with Crippen LogP contribution in [-0.4, -0.2) is 0 Å². The first kappa shape index (κ1) is 10.8. The number of rotatable bonds is 2. The van der Waals surface area contributed by atoms with E-state index in [1.807, 2.05) is 12.2 Å². The second-order valence-corrected chi connectivity index (χ2v) is 4.52. The minimum atomic E-state index is 0.470. The number of fused-ring (bicyclic) bond motifs is 3. The van der Waals surface area contributed by atoms with Gasteiger partial charge in [0, 0.05) is 0 Å². The maximum absolute atomic E-state index is 8.52. The largest absolute Gasteiger partial charge is 0.198 e. The summed E-state index contributed by atoms with van der Waals surface area (Å²) in [6.45, 7) is 0. The van der Waals surface area contributed by atoms with Gasteiger partial charge in [-0.3, -0.25) is 0 Å². The average Bonchev–Trinajstić information content (AvgIpc) is 2.76. The topological polar surface area (TPSA) is 23.8 Å². The van der Waals surface area contributed by atoms with Gasteiger partial charge in [-0.15, -0.1) is 0 Å². The van der Waals surface area contributed by atoms with Crippen LogP contribution in [0.3, 0.4) is 0 Å². The standard InChI is InChI=1S/C17H13N/c18-10-4-3-5-13-8-9-17-15(11-13)12-14-6-1-2-7-16(14)17/h1-3,5-9,11H,4,12H2. The maximum atomic E-state index is 8.52. The maximum Gasteiger partial charge on any atom is 0.0663 e.